The molecule has 3 nitrogen and oxygen atoms in total. The Morgan fingerprint density at radius 3 is 2.55 bits per heavy atom. The van der Waals surface area contributed by atoms with Crippen LogP contribution in [-0.2, 0) is 5.60 Å². The highest BCUT2D eigenvalue weighted by Crippen LogP contribution is 2.66. The molecule has 3 heteroatoms. The summed E-state index contributed by atoms with van der Waals surface area (Å²) in [6.07, 6.45) is 4.36. The molecule has 0 spiro atoms. The molecule has 3 rings (SSSR count). The van der Waals surface area contributed by atoms with Gasteiger partial charge in [-0.3, -0.25) is 0 Å². The minimum atomic E-state index is -0.860. The highest BCUT2D eigenvalue weighted by molar-refractivity contribution is 5.34. The number of aromatic hydroxyl groups is 1. The molecule has 2 fully saturated rings. The van der Waals surface area contributed by atoms with Crippen molar-refractivity contribution >= 4 is 0 Å². The van der Waals surface area contributed by atoms with Gasteiger partial charge in [-0.1, -0.05) is 26.0 Å². The second kappa shape index (κ2) is 4.97. The van der Waals surface area contributed by atoms with Crippen molar-refractivity contribution in [2.75, 3.05) is 20.6 Å². The molecular formula is C19H29NO2. The number of hydrogen-bond acceptors (Lipinski definition) is 3. The number of hydrogen-bond donors (Lipinski definition) is 2. The lowest BCUT2D eigenvalue weighted by atomic mass is 9.55. The molecule has 4 atom stereocenters. The first-order valence-electron chi connectivity index (χ1n) is 8.34. The highest BCUT2D eigenvalue weighted by atomic mass is 16.3. The zero-order valence-corrected chi connectivity index (χ0v) is 14.3. The predicted molar refractivity (Wildman–Crippen MR) is 88.7 cm³/mol. The van der Waals surface area contributed by atoms with E-state index < -0.39 is 5.60 Å². The zero-order chi connectivity index (χ0) is 16.2. The Morgan fingerprint density at radius 1 is 1.18 bits per heavy atom. The molecule has 0 saturated heterocycles. The number of phenolic OH excluding ortho intramolecular Hbond substituents is 1. The van der Waals surface area contributed by atoms with E-state index in [1.807, 2.05) is 12.1 Å². The molecule has 0 unspecified atom stereocenters. The van der Waals surface area contributed by atoms with Gasteiger partial charge in [0.15, 0.2) is 0 Å². The smallest absolute Gasteiger partial charge is 0.115 e. The predicted octanol–water partition coefficient (Wildman–Crippen LogP) is 3.36. The first kappa shape index (κ1) is 15.8. The number of fused-ring (bicyclic) bond motifs is 2. The van der Waals surface area contributed by atoms with Crippen molar-refractivity contribution in [2.24, 2.45) is 16.7 Å². The molecule has 2 aliphatic carbocycles. The summed E-state index contributed by atoms with van der Waals surface area (Å²) in [5.74, 6) is 0.426. The lowest BCUT2D eigenvalue weighted by molar-refractivity contribution is -0.136. The largest absolute Gasteiger partial charge is 0.508 e. The molecule has 0 aromatic heterocycles. The fraction of sp³-hybridized carbons (Fsp3) is 0.684. The molecule has 2 bridgehead atoms. The maximum absolute atomic E-state index is 11.7. The minimum Gasteiger partial charge on any atom is -0.508 e. The summed E-state index contributed by atoms with van der Waals surface area (Å²) in [4.78, 5) is 2.19. The monoisotopic (exact) mass is 303 g/mol. The van der Waals surface area contributed by atoms with E-state index in [1.165, 1.54) is 19.3 Å². The molecule has 2 aliphatic rings. The molecule has 0 heterocycles. The molecule has 0 amide bonds. The fourth-order valence-electron chi connectivity index (χ4n) is 5.35. The third-order valence-corrected chi connectivity index (χ3v) is 6.14. The summed E-state index contributed by atoms with van der Waals surface area (Å²) in [5, 5.41) is 21.6. The second-order valence-corrected chi connectivity index (χ2v) is 8.61. The first-order valence-corrected chi connectivity index (χ1v) is 8.34. The lowest BCUT2D eigenvalue weighted by Gasteiger charge is -2.53. The summed E-state index contributed by atoms with van der Waals surface area (Å²) in [6.45, 7) is 5.54. The minimum absolute atomic E-state index is 0.164. The average Bonchev–Trinajstić information content (AvgIpc) is 2.68. The topological polar surface area (TPSA) is 43.7 Å². The maximum Gasteiger partial charge on any atom is 0.115 e. The Hall–Kier alpha value is -1.06. The van der Waals surface area contributed by atoms with Gasteiger partial charge in [0.05, 0.1) is 5.60 Å². The van der Waals surface area contributed by atoms with Crippen LogP contribution in [0.1, 0.15) is 45.1 Å². The molecule has 22 heavy (non-hydrogen) atoms. The normalized spacial score (nSPS) is 41.1. The molecule has 2 saturated carbocycles. The van der Waals surface area contributed by atoms with Gasteiger partial charge in [-0.2, -0.15) is 0 Å². The summed E-state index contributed by atoms with van der Waals surface area (Å²) in [6, 6.07) is 7.24. The molecule has 1 aromatic carbocycles. The van der Waals surface area contributed by atoms with Crippen LogP contribution in [0, 0.1) is 16.7 Å². The van der Waals surface area contributed by atoms with Gasteiger partial charge in [-0.15, -0.1) is 0 Å². The van der Waals surface area contributed by atoms with E-state index in [1.54, 1.807) is 12.1 Å². The van der Waals surface area contributed by atoms with Crippen LogP contribution in [0.25, 0.3) is 0 Å². The van der Waals surface area contributed by atoms with E-state index in [0.29, 0.717) is 0 Å². The van der Waals surface area contributed by atoms with Crippen molar-refractivity contribution in [2.45, 2.75) is 45.1 Å². The van der Waals surface area contributed by atoms with E-state index in [4.69, 9.17) is 0 Å². The number of nitrogens with zero attached hydrogens (tertiary/aromatic N) is 1. The van der Waals surface area contributed by atoms with E-state index in [0.717, 1.165) is 18.5 Å². The number of rotatable bonds is 3. The lowest BCUT2D eigenvalue weighted by Crippen LogP contribution is -2.53. The summed E-state index contributed by atoms with van der Waals surface area (Å²) in [7, 11) is 4.16. The fourth-order valence-corrected chi connectivity index (χ4v) is 5.35. The molecule has 0 radical (unpaired) electrons. The second-order valence-electron chi connectivity index (χ2n) is 8.61. The van der Waals surface area contributed by atoms with Gasteiger partial charge in [0.25, 0.3) is 0 Å². The molecule has 1 aromatic rings. The van der Waals surface area contributed by atoms with Crippen molar-refractivity contribution in [1.82, 2.24) is 4.90 Å². The van der Waals surface area contributed by atoms with E-state index in [2.05, 4.69) is 32.8 Å². The maximum atomic E-state index is 11.7. The molecule has 122 valence electrons. The number of phenols is 1. The van der Waals surface area contributed by atoms with Gasteiger partial charge in [0.2, 0.25) is 0 Å². The van der Waals surface area contributed by atoms with E-state index in [-0.39, 0.29) is 22.5 Å². The van der Waals surface area contributed by atoms with Crippen molar-refractivity contribution in [3.8, 4) is 5.75 Å². The van der Waals surface area contributed by atoms with Crippen LogP contribution in [0.4, 0.5) is 0 Å². The third kappa shape index (κ3) is 2.44. The van der Waals surface area contributed by atoms with Gasteiger partial charge < -0.3 is 15.1 Å². The van der Waals surface area contributed by atoms with Gasteiger partial charge in [-0.25, -0.2) is 0 Å². The van der Waals surface area contributed by atoms with E-state index >= 15 is 0 Å². The standard InChI is InChI=1S/C19H29NO2/c1-17-8-9-18(2,12-17)16(11-20(3)4)19(22,13-17)14-6-5-7-15(21)10-14/h5-7,10,16,21-22H,8-9,11-13H2,1-4H3/t16-,17-,18+,19-/m0/s1. The van der Waals surface area contributed by atoms with Gasteiger partial charge in [0.1, 0.15) is 5.75 Å². The number of aliphatic hydroxyl groups is 1. The Bertz CT molecular complexity index is 572. The average molecular weight is 303 g/mol. The van der Waals surface area contributed by atoms with Gasteiger partial charge in [-0.05, 0) is 68.3 Å². The van der Waals surface area contributed by atoms with Crippen LogP contribution in [0.3, 0.4) is 0 Å². The molecule has 0 aliphatic heterocycles. The Labute approximate surface area is 134 Å². The first-order chi connectivity index (χ1) is 10.2. The van der Waals surface area contributed by atoms with E-state index in [9.17, 15) is 10.2 Å². The van der Waals surface area contributed by atoms with Crippen molar-refractivity contribution in [1.29, 1.82) is 0 Å². The number of benzene rings is 1. The van der Waals surface area contributed by atoms with Crippen molar-refractivity contribution < 1.29 is 10.2 Å². The molecule has 2 N–H and O–H groups in total. The summed E-state index contributed by atoms with van der Waals surface area (Å²) >= 11 is 0. The Morgan fingerprint density at radius 2 is 1.91 bits per heavy atom. The van der Waals surface area contributed by atoms with Crippen LogP contribution in [0.5, 0.6) is 5.75 Å². The Balaban J connectivity index is 2.09. The summed E-state index contributed by atoms with van der Waals surface area (Å²) in [5.41, 5.74) is 0.384. The van der Waals surface area contributed by atoms with Gasteiger partial charge in [0, 0.05) is 12.5 Å². The Kier molecular flexibility index (Phi) is 3.57. The van der Waals surface area contributed by atoms with Crippen LogP contribution in [0.15, 0.2) is 24.3 Å². The van der Waals surface area contributed by atoms with Crippen LogP contribution < -0.4 is 0 Å². The van der Waals surface area contributed by atoms with Crippen LogP contribution in [0.2, 0.25) is 0 Å². The van der Waals surface area contributed by atoms with Crippen LogP contribution in [-0.4, -0.2) is 35.8 Å². The highest BCUT2D eigenvalue weighted by Gasteiger charge is 2.61. The van der Waals surface area contributed by atoms with Crippen LogP contribution >= 0.6 is 0 Å². The quantitative estimate of drug-likeness (QED) is 0.900. The molecular weight excluding hydrogens is 274 g/mol. The zero-order valence-electron chi connectivity index (χ0n) is 14.3. The third-order valence-electron chi connectivity index (χ3n) is 6.14. The van der Waals surface area contributed by atoms with Crippen molar-refractivity contribution in [3.05, 3.63) is 29.8 Å². The van der Waals surface area contributed by atoms with Gasteiger partial charge >= 0.3 is 0 Å². The van der Waals surface area contributed by atoms with Crippen molar-refractivity contribution in [3.63, 3.8) is 0 Å². The summed E-state index contributed by atoms with van der Waals surface area (Å²) < 4.78 is 0. The SMILES string of the molecule is CN(C)C[C@H]1[C@]2(C)CC[C@@](C)(C2)C[C@]1(O)c1cccc(O)c1.